The van der Waals surface area contributed by atoms with Crippen LogP contribution in [0.3, 0.4) is 0 Å². The van der Waals surface area contributed by atoms with Crippen molar-refractivity contribution < 1.29 is 4.79 Å². The van der Waals surface area contributed by atoms with E-state index in [1.807, 2.05) is 0 Å². The Labute approximate surface area is 110 Å². The molecule has 0 aromatic heterocycles. The fourth-order valence-electron chi connectivity index (χ4n) is 5.47. The third-order valence-electron chi connectivity index (χ3n) is 5.90. The molecule has 100 valence electrons. The molecule has 4 aliphatic rings. The summed E-state index contributed by atoms with van der Waals surface area (Å²) in [5, 5.41) is 3.30. The van der Waals surface area contributed by atoms with Gasteiger partial charge in [0.05, 0.1) is 0 Å². The third-order valence-corrected chi connectivity index (χ3v) is 5.90. The van der Waals surface area contributed by atoms with Crippen molar-refractivity contribution in [3.8, 4) is 0 Å². The topological polar surface area (TPSA) is 29.1 Å². The van der Waals surface area contributed by atoms with E-state index in [1.165, 1.54) is 44.6 Å². The summed E-state index contributed by atoms with van der Waals surface area (Å²) < 4.78 is 0. The number of amides is 1. The highest BCUT2D eigenvalue weighted by molar-refractivity contribution is 5.87. The molecule has 4 bridgehead atoms. The molecular weight excluding hydrogens is 222 g/mol. The van der Waals surface area contributed by atoms with Crippen molar-refractivity contribution >= 4 is 5.91 Å². The van der Waals surface area contributed by atoms with Crippen molar-refractivity contribution in [2.45, 2.75) is 57.9 Å². The monoisotopic (exact) mass is 247 g/mol. The van der Waals surface area contributed by atoms with Crippen molar-refractivity contribution in [2.24, 2.45) is 23.2 Å². The zero-order valence-electron chi connectivity index (χ0n) is 11.7. The molecule has 0 aliphatic heterocycles. The highest BCUT2D eigenvalue weighted by Crippen LogP contribution is 2.64. The largest absolute Gasteiger partial charge is 0.347 e. The van der Waals surface area contributed by atoms with E-state index in [0.717, 1.165) is 17.8 Å². The maximum absolute atomic E-state index is 11.7. The predicted molar refractivity (Wildman–Crippen MR) is 73.0 cm³/mol. The van der Waals surface area contributed by atoms with Gasteiger partial charge in [0.2, 0.25) is 5.91 Å². The van der Waals surface area contributed by atoms with Gasteiger partial charge in [0.25, 0.3) is 0 Å². The molecule has 4 atom stereocenters. The van der Waals surface area contributed by atoms with Gasteiger partial charge in [0.1, 0.15) is 0 Å². The average Bonchev–Trinajstić information content (AvgIpc) is 2.26. The van der Waals surface area contributed by atoms with Crippen LogP contribution in [-0.2, 0) is 4.79 Å². The first-order chi connectivity index (χ1) is 8.47. The first kappa shape index (κ1) is 12.3. The zero-order chi connectivity index (χ0) is 13.0. The van der Waals surface area contributed by atoms with Gasteiger partial charge in [-0.15, -0.1) is 0 Å². The first-order valence-corrected chi connectivity index (χ1v) is 7.42. The van der Waals surface area contributed by atoms with E-state index in [9.17, 15) is 4.79 Å². The van der Waals surface area contributed by atoms with Gasteiger partial charge in [-0.1, -0.05) is 20.4 Å². The lowest BCUT2D eigenvalue weighted by Gasteiger charge is -2.63. The SMILES string of the molecule is C=CC(=O)NC12C[C@H]3C[C@@H](C1)CC(C(C)C)(C3)C2. The molecule has 0 saturated heterocycles. The highest BCUT2D eigenvalue weighted by Gasteiger charge is 2.58. The van der Waals surface area contributed by atoms with Gasteiger partial charge in [0.15, 0.2) is 0 Å². The Morgan fingerprint density at radius 3 is 2.39 bits per heavy atom. The number of nitrogens with one attached hydrogen (secondary N) is 1. The normalized spacial score (nSPS) is 45.3. The van der Waals surface area contributed by atoms with Crippen LogP contribution in [0.4, 0.5) is 0 Å². The van der Waals surface area contributed by atoms with Gasteiger partial charge in [0, 0.05) is 5.54 Å². The summed E-state index contributed by atoms with van der Waals surface area (Å²) >= 11 is 0. The number of hydrogen-bond acceptors (Lipinski definition) is 1. The van der Waals surface area contributed by atoms with Crippen LogP contribution >= 0.6 is 0 Å². The Bertz CT molecular complexity index is 371. The fraction of sp³-hybridized carbons (Fsp3) is 0.812. The van der Waals surface area contributed by atoms with E-state index in [2.05, 4.69) is 25.7 Å². The van der Waals surface area contributed by atoms with Crippen molar-refractivity contribution in [1.29, 1.82) is 0 Å². The molecule has 4 aliphatic carbocycles. The van der Waals surface area contributed by atoms with Crippen molar-refractivity contribution in [3.63, 3.8) is 0 Å². The van der Waals surface area contributed by atoms with Crippen LogP contribution in [0.15, 0.2) is 12.7 Å². The second-order valence-corrected chi connectivity index (χ2v) is 7.45. The summed E-state index contributed by atoms with van der Waals surface area (Å²) in [6, 6.07) is 0. The number of rotatable bonds is 3. The lowest BCUT2D eigenvalue weighted by atomic mass is 9.44. The first-order valence-electron chi connectivity index (χ1n) is 7.42. The average molecular weight is 247 g/mol. The summed E-state index contributed by atoms with van der Waals surface area (Å²) in [7, 11) is 0. The summed E-state index contributed by atoms with van der Waals surface area (Å²) in [6.07, 6.45) is 9.24. The van der Waals surface area contributed by atoms with E-state index in [0.29, 0.717) is 5.41 Å². The predicted octanol–water partition coefficient (Wildman–Crippen LogP) is 3.28. The Hall–Kier alpha value is -0.790. The van der Waals surface area contributed by atoms with E-state index in [-0.39, 0.29) is 11.4 Å². The van der Waals surface area contributed by atoms with E-state index in [4.69, 9.17) is 0 Å². The number of hydrogen-bond donors (Lipinski definition) is 1. The van der Waals surface area contributed by atoms with E-state index in [1.54, 1.807) is 0 Å². The summed E-state index contributed by atoms with van der Waals surface area (Å²) in [4.78, 5) is 11.7. The standard InChI is InChI=1S/C16H25NO/c1-4-14(18)17-16-8-12-5-13(9-16)7-15(6-12,10-16)11(2)3/h4,11-13H,1,5-10H2,2-3H3,(H,17,18)/t12-,13+,15?,16?. The molecule has 4 rings (SSSR count). The molecule has 0 heterocycles. The Morgan fingerprint density at radius 1 is 1.28 bits per heavy atom. The van der Waals surface area contributed by atoms with Crippen LogP contribution in [0.2, 0.25) is 0 Å². The molecule has 4 saturated carbocycles. The lowest BCUT2D eigenvalue weighted by molar-refractivity contribution is -0.131. The van der Waals surface area contributed by atoms with Gasteiger partial charge in [-0.3, -0.25) is 4.79 Å². The summed E-state index contributed by atoms with van der Waals surface area (Å²) in [5.41, 5.74) is 0.595. The van der Waals surface area contributed by atoms with Gasteiger partial charge in [-0.25, -0.2) is 0 Å². The van der Waals surface area contributed by atoms with Crippen molar-refractivity contribution in [1.82, 2.24) is 5.32 Å². The molecular formula is C16H25NO. The lowest BCUT2D eigenvalue weighted by Crippen LogP contribution is -2.63. The van der Waals surface area contributed by atoms with Crippen LogP contribution in [0.25, 0.3) is 0 Å². The van der Waals surface area contributed by atoms with Gasteiger partial charge in [-0.2, -0.15) is 0 Å². The highest BCUT2D eigenvalue weighted by atomic mass is 16.1. The van der Waals surface area contributed by atoms with Crippen LogP contribution in [0.1, 0.15) is 52.4 Å². The molecule has 1 N–H and O–H groups in total. The molecule has 2 heteroatoms. The molecule has 2 nitrogen and oxygen atoms in total. The van der Waals surface area contributed by atoms with Gasteiger partial charge >= 0.3 is 0 Å². The Balaban J connectivity index is 1.89. The minimum atomic E-state index is 0.0239. The quantitative estimate of drug-likeness (QED) is 0.762. The van der Waals surface area contributed by atoms with Crippen LogP contribution in [0.5, 0.6) is 0 Å². The third kappa shape index (κ3) is 1.72. The number of carbonyl (C=O) groups is 1. The molecule has 4 fully saturated rings. The molecule has 0 spiro atoms. The van der Waals surface area contributed by atoms with E-state index >= 15 is 0 Å². The number of carbonyl (C=O) groups excluding carboxylic acids is 1. The molecule has 0 aromatic rings. The minimum Gasteiger partial charge on any atom is -0.347 e. The molecule has 2 unspecified atom stereocenters. The molecule has 1 amide bonds. The molecule has 18 heavy (non-hydrogen) atoms. The Kier molecular flexibility index (Phi) is 2.62. The molecule has 0 aromatic carbocycles. The van der Waals surface area contributed by atoms with E-state index < -0.39 is 0 Å². The van der Waals surface area contributed by atoms with Crippen LogP contribution in [-0.4, -0.2) is 11.4 Å². The minimum absolute atomic E-state index is 0.0239. The second-order valence-electron chi connectivity index (χ2n) is 7.45. The summed E-state index contributed by atoms with van der Waals surface area (Å²) in [6.45, 7) is 8.34. The van der Waals surface area contributed by atoms with Crippen molar-refractivity contribution in [2.75, 3.05) is 0 Å². The summed E-state index contributed by atoms with van der Waals surface area (Å²) in [5.74, 6) is 2.46. The maximum Gasteiger partial charge on any atom is 0.243 e. The second kappa shape index (κ2) is 3.85. The fourth-order valence-corrected chi connectivity index (χ4v) is 5.47. The van der Waals surface area contributed by atoms with Crippen LogP contribution < -0.4 is 5.32 Å². The zero-order valence-corrected chi connectivity index (χ0v) is 11.7. The Morgan fingerprint density at radius 2 is 1.89 bits per heavy atom. The van der Waals surface area contributed by atoms with Gasteiger partial charge < -0.3 is 5.32 Å². The van der Waals surface area contributed by atoms with Crippen LogP contribution in [0, 0.1) is 23.2 Å². The smallest absolute Gasteiger partial charge is 0.243 e. The maximum atomic E-state index is 11.7. The van der Waals surface area contributed by atoms with Crippen molar-refractivity contribution in [3.05, 3.63) is 12.7 Å². The molecule has 0 radical (unpaired) electrons. The van der Waals surface area contributed by atoms with Gasteiger partial charge in [-0.05, 0) is 67.8 Å².